The lowest BCUT2D eigenvalue weighted by atomic mass is 10.1. The normalized spacial score (nSPS) is 12.4. The van der Waals surface area contributed by atoms with Gasteiger partial charge in [-0.05, 0) is 19.8 Å². The highest BCUT2D eigenvalue weighted by Gasteiger charge is 2.13. The number of esters is 1. The first-order valence-electron chi connectivity index (χ1n) is 5.64. The van der Waals surface area contributed by atoms with Crippen molar-refractivity contribution >= 4 is 11.8 Å². The number of hydrogen-bond acceptors (Lipinski definition) is 5. The second-order valence-electron chi connectivity index (χ2n) is 4.39. The van der Waals surface area contributed by atoms with E-state index in [0.29, 0.717) is 11.7 Å². The first-order chi connectivity index (χ1) is 7.93. The zero-order valence-electron chi connectivity index (χ0n) is 10.9. The fourth-order valence-corrected chi connectivity index (χ4v) is 1.22. The van der Waals surface area contributed by atoms with Crippen LogP contribution in [0.15, 0.2) is 6.07 Å². The first kappa shape index (κ1) is 13.4. The third-order valence-corrected chi connectivity index (χ3v) is 2.60. The van der Waals surface area contributed by atoms with Gasteiger partial charge in [-0.3, -0.25) is 0 Å². The topological polar surface area (TPSA) is 64.1 Å². The van der Waals surface area contributed by atoms with Crippen molar-refractivity contribution in [2.24, 2.45) is 5.92 Å². The lowest BCUT2D eigenvalue weighted by molar-refractivity contribution is 0.0586. The predicted molar refractivity (Wildman–Crippen MR) is 66.0 cm³/mol. The van der Waals surface area contributed by atoms with Gasteiger partial charge in [-0.15, -0.1) is 0 Å². The first-order valence-corrected chi connectivity index (χ1v) is 5.64. The van der Waals surface area contributed by atoms with E-state index in [4.69, 9.17) is 0 Å². The summed E-state index contributed by atoms with van der Waals surface area (Å²) < 4.78 is 4.61. The Morgan fingerprint density at radius 3 is 2.53 bits per heavy atom. The summed E-state index contributed by atoms with van der Waals surface area (Å²) >= 11 is 0. The molecule has 0 bridgehead atoms. The molecule has 0 spiro atoms. The Bertz CT molecular complexity index is 405. The van der Waals surface area contributed by atoms with Crippen LogP contribution in [0.1, 0.15) is 37.1 Å². The van der Waals surface area contributed by atoms with Gasteiger partial charge in [0.2, 0.25) is 5.82 Å². The van der Waals surface area contributed by atoms with E-state index < -0.39 is 5.97 Å². The minimum absolute atomic E-state index is 0.0888. The Hall–Kier alpha value is -1.65. The second kappa shape index (κ2) is 5.61. The molecule has 1 N–H and O–H groups in total. The van der Waals surface area contributed by atoms with Gasteiger partial charge in [-0.25, -0.2) is 14.8 Å². The van der Waals surface area contributed by atoms with Crippen LogP contribution < -0.4 is 5.32 Å². The van der Waals surface area contributed by atoms with E-state index in [1.807, 2.05) is 13.0 Å². The number of nitrogens with zero attached hydrogens (tertiary/aromatic N) is 2. The molecular formula is C12H19N3O2. The molecular weight excluding hydrogens is 218 g/mol. The van der Waals surface area contributed by atoms with Gasteiger partial charge in [0.05, 0.1) is 7.11 Å². The highest BCUT2D eigenvalue weighted by molar-refractivity contribution is 5.85. The van der Waals surface area contributed by atoms with Gasteiger partial charge in [-0.1, -0.05) is 13.8 Å². The monoisotopic (exact) mass is 237 g/mol. The molecule has 5 heteroatoms. The molecule has 17 heavy (non-hydrogen) atoms. The third kappa shape index (κ3) is 3.69. The molecule has 1 rings (SSSR count). The van der Waals surface area contributed by atoms with E-state index in [0.717, 1.165) is 5.69 Å². The molecule has 0 fully saturated rings. The number of aryl methyl sites for hydroxylation is 1. The van der Waals surface area contributed by atoms with Crippen molar-refractivity contribution in [3.8, 4) is 0 Å². The van der Waals surface area contributed by atoms with E-state index >= 15 is 0 Å². The third-order valence-electron chi connectivity index (χ3n) is 2.60. The number of anilines is 1. The number of carbonyl (C=O) groups excluding carboxylic acids is 1. The summed E-state index contributed by atoms with van der Waals surface area (Å²) in [5.74, 6) is 0.700. The molecule has 1 aromatic heterocycles. The van der Waals surface area contributed by atoms with Crippen LogP contribution in [-0.2, 0) is 4.74 Å². The van der Waals surface area contributed by atoms with Crippen LogP contribution >= 0.6 is 0 Å². The van der Waals surface area contributed by atoms with Crippen LogP contribution in [0.2, 0.25) is 0 Å². The van der Waals surface area contributed by atoms with Gasteiger partial charge in [-0.2, -0.15) is 0 Å². The molecule has 0 radical (unpaired) electrons. The Morgan fingerprint density at radius 2 is 2.00 bits per heavy atom. The van der Waals surface area contributed by atoms with Crippen molar-refractivity contribution in [1.82, 2.24) is 9.97 Å². The lowest BCUT2D eigenvalue weighted by Crippen LogP contribution is -2.23. The number of rotatable bonds is 4. The van der Waals surface area contributed by atoms with E-state index in [-0.39, 0.29) is 11.9 Å². The summed E-state index contributed by atoms with van der Waals surface area (Å²) in [6.45, 7) is 8.12. The minimum Gasteiger partial charge on any atom is -0.463 e. The molecule has 1 aromatic rings. The zero-order chi connectivity index (χ0) is 13.0. The molecule has 0 aliphatic rings. The SMILES string of the molecule is COC(=O)c1nc(C)cc(NC(C)C(C)C)n1. The standard InChI is InChI=1S/C12H19N3O2/c1-7(2)9(4)14-10-6-8(3)13-11(15-10)12(16)17-5/h6-7,9H,1-5H3,(H,13,14,15). The van der Waals surface area contributed by atoms with Crippen molar-refractivity contribution in [3.63, 3.8) is 0 Å². The van der Waals surface area contributed by atoms with Gasteiger partial charge < -0.3 is 10.1 Å². The molecule has 0 amide bonds. The van der Waals surface area contributed by atoms with Crippen molar-refractivity contribution in [3.05, 3.63) is 17.6 Å². The minimum atomic E-state index is -0.519. The molecule has 0 aliphatic heterocycles. The molecule has 0 saturated heterocycles. The van der Waals surface area contributed by atoms with Gasteiger partial charge in [0.15, 0.2) is 0 Å². The molecule has 0 saturated carbocycles. The van der Waals surface area contributed by atoms with Gasteiger partial charge in [0.1, 0.15) is 5.82 Å². The summed E-state index contributed by atoms with van der Waals surface area (Å²) in [5.41, 5.74) is 0.735. The van der Waals surface area contributed by atoms with Crippen LogP contribution in [0.4, 0.5) is 5.82 Å². The molecule has 5 nitrogen and oxygen atoms in total. The maximum absolute atomic E-state index is 11.4. The van der Waals surface area contributed by atoms with Crippen molar-refractivity contribution in [2.75, 3.05) is 12.4 Å². The number of nitrogens with one attached hydrogen (secondary N) is 1. The maximum atomic E-state index is 11.4. The van der Waals surface area contributed by atoms with Crippen molar-refractivity contribution in [1.29, 1.82) is 0 Å². The van der Waals surface area contributed by atoms with Crippen LogP contribution in [0.25, 0.3) is 0 Å². The highest BCUT2D eigenvalue weighted by Crippen LogP contribution is 2.11. The number of carbonyl (C=O) groups is 1. The van der Waals surface area contributed by atoms with E-state index in [2.05, 4.69) is 40.8 Å². The summed E-state index contributed by atoms with van der Waals surface area (Å²) in [6, 6.07) is 2.08. The maximum Gasteiger partial charge on any atom is 0.376 e. The highest BCUT2D eigenvalue weighted by atomic mass is 16.5. The Morgan fingerprint density at radius 1 is 1.35 bits per heavy atom. The van der Waals surface area contributed by atoms with Gasteiger partial charge in [0, 0.05) is 17.8 Å². The van der Waals surface area contributed by atoms with Gasteiger partial charge in [0.25, 0.3) is 0 Å². The smallest absolute Gasteiger partial charge is 0.376 e. The Labute approximate surface area is 102 Å². The summed E-state index contributed by atoms with van der Waals surface area (Å²) in [6.07, 6.45) is 0. The largest absolute Gasteiger partial charge is 0.463 e. The Kier molecular flexibility index (Phi) is 4.43. The van der Waals surface area contributed by atoms with Gasteiger partial charge >= 0.3 is 5.97 Å². The number of ether oxygens (including phenoxy) is 1. The molecule has 1 heterocycles. The fraction of sp³-hybridized carbons (Fsp3) is 0.583. The van der Waals surface area contributed by atoms with E-state index in [1.54, 1.807) is 0 Å². The second-order valence-corrected chi connectivity index (χ2v) is 4.39. The van der Waals surface area contributed by atoms with Crippen LogP contribution in [0.5, 0.6) is 0 Å². The molecule has 0 aromatic carbocycles. The van der Waals surface area contributed by atoms with E-state index in [1.165, 1.54) is 7.11 Å². The summed E-state index contributed by atoms with van der Waals surface area (Å²) in [7, 11) is 1.32. The fourth-order valence-electron chi connectivity index (χ4n) is 1.22. The van der Waals surface area contributed by atoms with E-state index in [9.17, 15) is 4.79 Å². The summed E-state index contributed by atoms with van der Waals surface area (Å²) in [5, 5.41) is 3.24. The predicted octanol–water partition coefficient (Wildman–Crippen LogP) is 2.03. The lowest BCUT2D eigenvalue weighted by Gasteiger charge is -2.18. The average Bonchev–Trinajstić information content (AvgIpc) is 2.26. The van der Waals surface area contributed by atoms with Crippen molar-refractivity contribution < 1.29 is 9.53 Å². The zero-order valence-corrected chi connectivity index (χ0v) is 10.9. The van der Waals surface area contributed by atoms with Crippen LogP contribution in [-0.4, -0.2) is 29.1 Å². The van der Waals surface area contributed by atoms with Crippen LogP contribution in [0.3, 0.4) is 0 Å². The summed E-state index contributed by atoms with van der Waals surface area (Å²) in [4.78, 5) is 19.5. The molecule has 0 aliphatic carbocycles. The molecule has 1 atom stereocenters. The average molecular weight is 237 g/mol. The number of hydrogen-bond donors (Lipinski definition) is 1. The quantitative estimate of drug-likeness (QED) is 0.812. The van der Waals surface area contributed by atoms with Crippen molar-refractivity contribution in [2.45, 2.75) is 33.7 Å². The molecule has 1 unspecified atom stereocenters. The Balaban J connectivity index is 2.93. The number of aromatic nitrogens is 2. The number of methoxy groups -OCH3 is 1. The molecule has 94 valence electrons. The van der Waals surface area contributed by atoms with Crippen LogP contribution in [0, 0.1) is 12.8 Å².